The fraction of sp³-hybridized carbons (Fsp3) is 0.812. The third kappa shape index (κ3) is 1.83. The average molecular weight is 534 g/mol. The largest absolute Gasteiger partial charge is 0.435 e. The molecule has 0 unspecified atom stereocenters. The van der Waals surface area contributed by atoms with Gasteiger partial charge in [0, 0.05) is 5.57 Å². The molecule has 4 fully saturated rings. The number of hydrogen-bond acceptors (Lipinski definition) is 3. The van der Waals surface area contributed by atoms with Gasteiger partial charge in [-0.1, -0.05) is 6.58 Å². The Morgan fingerprint density at radius 2 is 0.912 bits per heavy atom. The molecule has 0 aromatic rings. The highest BCUT2D eigenvalue weighted by molar-refractivity contribution is 5.86. The average Bonchev–Trinajstić information content (AvgIpc) is 2.69. The Hall–Kier alpha value is -1.88. The lowest BCUT2D eigenvalue weighted by atomic mass is 9.38. The molecule has 0 aliphatic heterocycles. The standard InChI is InChI=1S/C16H9F15O3/c1-5(2)6(32)34-4-33-3-7(17)8(18)12(22,23)10(20)14(26,27)9(7,19)15(28,29)11(21,13(8,24)25)16(10,30)31/h1,3-4H2,2H3. The van der Waals surface area contributed by atoms with Gasteiger partial charge in [-0.3, -0.25) is 0 Å². The van der Waals surface area contributed by atoms with Crippen LogP contribution < -0.4 is 0 Å². The summed E-state index contributed by atoms with van der Waals surface area (Å²) in [7, 11) is 0. The van der Waals surface area contributed by atoms with E-state index in [-0.39, 0.29) is 0 Å². The van der Waals surface area contributed by atoms with E-state index >= 15 is 13.2 Å². The second-order valence-electron chi connectivity index (χ2n) is 7.99. The number of alkyl halides is 15. The molecule has 3 nitrogen and oxygen atoms in total. The number of ether oxygens (including phenoxy) is 2. The Kier molecular flexibility index (Phi) is 4.78. The predicted octanol–water partition coefficient (Wildman–Crippen LogP) is 4.84. The zero-order valence-corrected chi connectivity index (χ0v) is 16.0. The van der Waals surface area contributed by atoms with Crippen molar-refractivity contribution >= 4 is 5.97 Å². The van der Waals surface area contributed by atoms with E-state index in [4.69, 9.17) is 0 Å². The number of halogens is 15. The molecule has 4 rings (SSSR count). The normalized spacial score (nSPS) is 46.2. The van der Waals surface area contributed by atoms with E-state index in [0.29, 0.717) is 0 Å². The van der Waals surface area contributed by atoms with Gasteiger partial charge in [0.25, 0.3) is 11.3 Å². The van der Waals surface area contributed by atoms with Gasteiger partial charge in [0.05, 0.1) is 6.61 Å². The van der Waals surface area contributed by atoms with Crippen LogP contribution >= 0.6 is 0 Å². The highest BCUT2D eigenvalue weighted by atomic mass is 19.3. The molecule has 0 heterocycles. The zero-order chi connectivity index (χ0) is 27.0. The van der Waals surface area contributed by atoms with E-state index in [9.17, 15) is 57.5 Å². The summed E-state index contributed by atoms with van der Waals surface area (Å²) in [6.07, 6.45) is 0. The predicted molar refractivity (Wildman–Crippen MR) is 75.7 cm³/mol. The van der Waals surface area contributed by atoms with Crippen molar-refractivity contribution in [2.75, 3.05) is 13.4 Å². The number of carbonyl (C=O) groups is 1. The van der Waals surface area contributed by atoms with Crippen molar-refractivity contribution in [2.24, 2.45) is 0 Å². The third-order valence-electron chi connectivity index (χ3n) is 6.34. The van der Waals surface area contributed by atoms with Gasteiger partial charge >= 0.3 is 46.9 Å². The fourth-order valence-corrected chi connectivity index (χ4v) is 4.60. The van der Waals surface area contributed by atoms with Crippen LogP contribution in [-0.2, 0) is 14.3 Å². The van der Waals surface area contributed by atoms with Crippen molar-refractivity contribution in [1.29, 1.82) is 0 Å². The Bertz CT molecular complexity index is 871. The second-order valence-corrected chi connectivity index (χ2v) is 7.99. The summed E-state index contributed by atoms with van der Waals surface area (Å²) in [5.74, 6) is -40.4. The van der Waals surface area contributed by atoms with Gasteiger partial charge in [-0.2, -0.15) is 43.9 Å². The highest BCUT2D eigenvalue weighted by Gasteiger charge is 3.22. The summed E-state index contributed by atoms with van der Waals surface area (Å²) in [6.45, 7) is -1.41. The number of carbonyl (C=O) groups excluding carboxylic acids is 1. The zero-order valence-electron chi connectivity index (χ0n) is 16.0. The maximum Gasteiger partial charge on any atom is 0.339 e. The molecular formula is C16H9F15O3. The first kappa shape index (κ1) is 26.7. The molecule has 0 spiro atoms. The summed E-state index contributed by atoms with van der Waals surface area (Å²) in [6, 6.07) is 0. The van der Waals surface area contributed by atoms with Crippen LogP contribution in [0.1, 0.15) is 6.92 Å². The summed E-state index contributed by atoms with van der Waals surface area (Å²) in [4.78, 5) is 11.1. The first-order valence-corrected chi connectivity index (χ1v) is 8.57. The van der Waals surface area contributed by atoms with Crippen LogP contribution in [0.5, 0.6) is 0 Å². The molecule has 34 heavy (non-hydrogen) atoms. The molecule has 18 heteroatoms. The lowest BCUT2D eigenvalue weighted by Crippen LogP contribution is -3.09. The first-order valence-electron chi connectivity index (χ1n) is 8.57. The Balaban J connectivity index is 2.34. The van der Waals surface area contributed by atoms with Crippen molar-refractivity contribution in [3.8, 4) is 0 Å². The third-order valence-corrected chi connectivity index (χ3v) is 6.34. The minimum atomic E-state index is -7.88. The van der Waals surface area contributed by atoms with Gasteiger partial charge in [0.1, 0.15) is 0 Å². The lowest BCUT2D eigenvalue weighted by Gasteiger charge is -2.74. The van der Waals surface area contributed by atoms with Crippen LogP contribution in [0.4, 0.5) is 65.9 Å². The second kappa shape index (κ2) is 6.08. The van der Waals surface area contributed by atoms with E-state index in [0.717, 1.165) is 6.92 Å². The van der Waals surface area contributed by atoms with Crippen LogP contribution in [0.15, 0.2) is 12.2 Å². The monoisotopic (exact) mass is 534 g/mol. The van der Waals surface area contributed by atoms with E-state index in [1.165, 1.54) is 0 Å². The summed E-state index contributed by atoms with van der Waals surface area (Å²) < 4.78 is 226. The van der Waals surface area contributed by atoms with Gasteiger partial charge in [0.15, 0.2) is 6.79 Å². The molecular weight excluding hydrogens is 525 g/mol. The summed E-state index contributed by atoms with van der Waals surface area (Å²) >= 11 is 0. The minimum Gasteiger partial charge on any atom is -0.435 e. The number of rotatable bonds is 5. The fourth-order valence-electron chi connectivity index (χ4n) is 4.60. The number of esters is 1. The number of hydrogen-bond donors (Lipinski definition) is 0. The summed E-state index contributed by atoms with van der Waals surface area (Å²) in [5, 5.41) is 0. The molecule has 4 aliphatic carbocycles. The highest BCUT2D eigenvalue weighted by Crippen LogP contribution is 2.88. The van der Waals surface area contributed by atoms with Crippen molar-refractivity contribution in [1.82, 2.24) is 0 Å². The van der Waals surface area contributed by atoms with Crippen molar-refractivity contribution in [3.05, 3.63) is 12.2 Å². The van der Waals surface area contributed by atoms with Crippen LogP contribution in [0.3, 0.4) is 0 Å². The van der Waals surface area contributed by atoms with Gasteiger partial charge in [-0.25, -0.2) is 26.7 Å². The molecule has 4 aliphatic rings. The smallest absolute Gasteiger partial charge is 0.339 e. The van der Waals surface area contributed by atoms with Crippen LogP contribution in [0.25, 0.3) is 0 Å². The minimum absolute atomic E-state index is 0.505. The van der Waals surface area contributed by atoms with Gasteiger partial charge in [-0.15, -0.1) is 0 Å². The molecule has 4 saturated carbocycles. The van der Waals surface area contributed by atoms with Crippen LogP contribution in [-0.4, -0.2) is 77.3 Å². The maximum atomic E-state index is 15.4. The quantitative estimate of drug-likeness (QED) is 0.167. The molecule has 0 saturated heterocycles. The topological polar surface area (TPSA) is 35.5 Å². The Morgan fingerprint density at radius 1 is 0.618 bits per heavy atom. The molecule has 0 aromatic carbocycles. The molecule has 0 radical (unpaired) electrons. The van der Waals surface area contributed by atoms with E-state index in [1.54, 1.807) is 0 Å². The van der Waals surface area contributed by atoms with Crippen LogP contribution in [0.2, 0.25) is 0 Å². The molecule has 196 valence electrons. The lowest BCUT2D eigenvalue weighted by molar-refractivity contribution is -0.596. The molecule has 0 amide bonds. The molecule has 0 aromatic heterocycles. The SMILES string of the molecule is C=C(C)C(=O)OCOCC1(F)C2(F)C(F)(F)C3(F)C(F)(F)C(F)(C2(F)F)C(F)(F)C1(F)C3(F)F. The van der Waals surface area contributed by atoms with E-state index < -0.39 is 82.9 Å². The molecule has 4 bridgehead atoms. The van der Waals surface area contributed by atoms with E-state index in [1.807, 2.05) is 0 Å². The summed E-state index contributed by atoms with van der Waals surface area (Å²) in [5.41, 5.74) is -37.7. The van der Waals surface area contributed by atoms with Crippen molar-refractivity contribution in [3.63, 3.8) is 0 Å². The molecule has 0 atom stereocenters. The van der Waals surface area contributed by atoms with E-state index in [2.05, 4.69) is 16.1 Å². The van der Waals surface area contributed by atoms with Crippen LogP contribution in [0, 0.1) is 0 Å². The molecule has 0 N–H and O–H groups in total. The Labute approximate surface area is 177 Å². The van der Waals surface area contributed by atoms with Gasteiger partial charge < -0.3 is 9.47 Å². The maximum absolute atomic E-state index is 15.4. The van der Waals surface area contributed by atoms with Crippen molar-refractivity contribution in [2.45, 2.75) is 64.9 Å². The Morgan fingerprint density at radius 3 is 1.21 bits per heavy atom. The van der Waals surface area contributed by atoms with Gasteiger partial charge in [-0.05, 0) is 6.92 Å². The van der Waals surface area contributed by atoms with Crippen molar-refractivity contribution < 1.29 is 80.1 Å². The first-order chi connectivity index (χ1) is 14.8. The van der Waals surface area contributed by atoms with Gasteiger partial charge in [0.2, 0.25) is 5.67 Å².